The third-order valence-electron chi connectivity index (χ3n) is 2.93. The average Bonchev–Trinajstić information content (AvgIpc) is 2.44. The number of carbonyl (C=O) groups is 1. The maximum absolute atomic E-state index is 11.7. The zero-order valence-electron chi connectivity index (χ0n) is 12.1. The van der Waals surface area contributed by atoms with Gasteiger partial charge in [-0.15, -0.1) is 12.4 Å². The molecule has 0 aromatic heterocycles. The highest BCUT2D eigenvalue weighted by Crippen LogP contribution is 2.16. The van der Waals surface area contributed by atoms with Gasteiger partial charge in [0.25, 0.3) is 0 Å². The van der Waals surface area contributed by atoms with Gasteiger partial charge >= 0.3 is 0 Å². The van der Waals surface area contributed by atoms with E-state index in [1.54, 1.807) is 38.4 Å². The van der Waals surface area contributed by atoms with Crippen molar-refractivity contribution in [2.24, 2.45) is 5.92 Å². The van der Waals surface area contributed by atoms with Crippen LogP contribution in [-0.4, -0.2) is 38.3 Å². The molecule has 0 bridgehead atoms. The van der Waals surface area contributed by atoms with Crippen LogP contribution in [0.2, 0.25) is 0 Å². The number of nitrogens with one attached hydrogen (secondary N) is 2. The van der Waals surface area contributed by atoms with Crippen LogP contribution in [0.5, 0.6) is 5.75 Å². The zero-order valence-corrected chi connectivity index (χ0v) is 12.9. The number of aliphatic hydroxyl groups excluding tert-OH is 1. The van der Waals surface area contributed by atoms with Crippen LogP contribution in [0.4, 0.5) is 0 Å². The molecule has 0 radical (unpaired) electrons. The summed E-state index contributed by atoms with van der Waals surface area (Å²) in [6.07, 6.45) is -0.711. The number of hydrogen-bond donors (Lipinski definition) is 3. The third-order valence-corrected chi connectivity index (χ3v) is 2.93. The summed E-state index contributed by atoms with van der Waals surface area (Å²) in [5.74, 6) is 0.553. The van der Waals surface area contributed by atoms with E-state index in [0.29, 0.717) is 6.54 Å². The Balaban J connectivity index is 0.00000361. The fraction of sp³-hybridized carbons (Fsp3) is 0.500. The molecule has 1 aromatic rings. The van der Waals surface area contributed by atoms with E-state index in [1.165, 1.54) is 0 Å². The first kappa shape index (κ1) is 18.7. The Morgan fingerprint density at radius 3 is 2.40 bits per heavy atom. The van der Waals surface area contributed by atoms with Crippen molar-refractivity contribution in [3.63, 3.8) is 0 Å². The highest BCUT2D eigenvalue weighted by molar-refractivity contribution is 5.85. The van der Waals surface area contributed by atoms with Crippen molar-refractivity contribution < 1.29 is 14.6 Å². The van der Waals surface area contributed by atoms with Gasteiger partial charge in [0.1, 0.15) is 5.75 Å². The average molecular weight is 303 g/mol. The van der Waals surface area contributed by atoms with Gasteiger partial charge in [0.05, 0.1) is 13.2 Å². The molecule has 0 saturated carbocycles. The SMILES string of the molecule is CNCC(C)C(=O)NCC(O)c1ccc(OC)cc1.Cl. The first-order valence-electron chi connectivity index (χ1n) is 6.32. The van der Waals surface area contributed by atoms with Crippen molar-refractivity contribution in [1.29, 1.82) is 0 Å². The molecule has 0 aliphatic heterocycles. The lowest BCUT2D eigenvalue weighted by atomic mass is 10.1. The molecule has 0 spiro atoms. The van der Waals surface area contributed by atoms with Crippen LogP contribution in [-0.2, 0) is 4.79 Å². The normalized spacial score (nSPS) is 13.0. The summed E-state index contributed by atoms with van der Waals surface area (Å²) in [4.78, 5) is 11.7. The van der Waals surface area contributed by atoms with Crippen LogP contribution in [0, 0.1) is 5.92 Å². The van der Waals surface area contributed by atoms with Crippen molar-refractivity contribution in [1.82, 2.24) is 10.6 Å². The molecular weight excluding hydrogens is 280 g/mol. The van der Waals surface area contributed by atoms with Gasteiger partial charge in [0.15, 0.2) is 0 Å². The van der Waals surface area contributed by atoms with E-state index < -0.39 is 6.10 Å². The minimum atomic E-state index is -0.711. The molecule has 3 N–H and O–H groups in total. The number of rotatable bonds is 7. The number of carbonyl (C=O) groups excluding carboxylic acids is 1. The number of benzene rings is 1. The minimum absolute atomic E-state index is 0. The molecule has 0 saturated heterocycles. The highest BCUT2D eigenvalue weighted by Gasteiger charge is 2.14. The summed E-state index contributed by atoms with van der Waals surface area (Å²) in [7, 11) is 3.39. The van der Waals surface area contributed by atoms with Gasteiger partial charge in [-0.25, -0.2) is 0 Å². The molecule has 114 valence electrons. The van der Waals surface area contributed by atoms with Gasteiger partial charge in [-0.05, 0) is 24.7 Å². The molecular formula is C14H23ClN2O3. The van der Waals surface area contributed by atoms with E-state index in [2.05, 4.69) is 10.6 Å². The smallest absolute Gasteiger partial charge is 0.224 e. The van der Waals surface area contributed by atoms with Crippen LogP contribution >= 0.6 is 12.4 Å². The van der Waals surface area contributed by atoms with E-state index in [1.807, 2.05) is 6.92 Å². The Labute approximate surface area is 126 Å². The molecule has 0 fully saturated rings. The minimum Gasteiger partial charge on any atom is -0.497 e. The predicted molar refractivity (Wildman–Crippen MR) is 81.3 cm³/mol. The molecule has 1 amide bonds. The topological polar surface area (TPSA) is 70.6 Å². The van der Waals surface area contributed by atoms with Crippen molar-refractivity contribution in [3.8, 4) is 5.75 Å². The van der Waals surface area contributed by atoms with E-state index in [9.17, 15) is 9.90 Å². The lowest BCUT2D eigenvalue weighted by molar-refractivity contribution is -0.124. The Morgan fingerprint density at radius 2 is 1.90 bits per heavy atom. The first-order chi connectivity index (χ1) is 9.08. The number of halogens is 1. The second kappa shape index (κ2) is 9.58. The number of methoxy groups -OCH3 is 1. The maximum atomic E-state index is 11.7. The maximum Gasteiger partial charge on any atom is 0.224 e. The fourth-order valence-electron chi connectivity index (χ4n) is 1.71. The first-order valence-corrected chi connectivity index (χ1v) is 6.32. The Kier molecular flexibility index (Phi) is 8.96. The second-order valence-corrected chi connectivity index (χ2v) is 4.49. The van der Waals surface area contributed by atoms with E-state index >= 15 is 0 Å². The fourth-order valence-corrected chi connectivity index (χ4v) is 1.71. The van der Waals surface area contributed by atoms with Crippen LogP contribution in [0.3, 0.4) is 0 Å². The molecule has 20 heavy (non-hydrogen) atoms. The lowest BCUT2D eigenvalue weighted by Crippen LogP contribution is -2.36. The Hall–Kier alpha value is -1.30. The highest BCUT2D eigenvalue weighted by atomic mass is 35.5. The molecule has 2 unspecified atom stereocenters. The molecule has 0 aliphatic carbocycles. The van der Waals surface area contributed by atoms with Gasteiger partial charge in [0.2, 0.25) is 5.91 Å². The number of hydrogen-bond acceptors (Lipinski definition) is 4. The Bertz CT molecular complexity index is 398. The van der Waals surface area contributed by atoms with Gasteiger partial charge in [-0.2, -0.15) is 0 Å². The number of amides is 1. The van der Waals surface area contributed by atoms with Gasteiger partial charge in [0, 0.05) is 19.0 Å². The summed E-state index contributed by atoms with van der Waals surface area (Å²) < 4.78 is 5.05. The van der Waals surface area contributed by atoms with Crippen LogP contribution < -0.4 is 15.4 Å². The van der Waals surface area contributed by atoms with Crippen LogP contribution in [0.1, 0.15) is 18.6 Å². The summed E-state index contributed by atoms with van der Waals surface area (Å²) in [6, 6.07) is 7.13. The summed E-state index contributed by atoms with van der Waals surface area (Å²) in [5, 5.41) is 15.7. The number of aliphatic hydroxyl groups is 1. The zero-order chi connectivity index (χ0) is 14.3. The molecule has 1 rings (SSSR count). The monoisotopic (exact) mass is 302 g/mol. The van der Waals surface area contributed by atoms with E-state index in [0.717, 1.165) is 11.3 Å². The second-order valence-electron chi connectivity index (χ2n) is 4.49. The predicted octanol–water partition coefficient (Wildman–Crippen LogP) is 1.12. The quantitative estimate of drug-likeness (QED) is 0.706. The molecule has 6 heteroatoms. The van der Waals surface area contributed by atoms with Gasteiger partial charge in [-0.3, -0.25) is 4.79 Å². The van der Waals surface area contributed by atoms with Crippen molar-refractivity contribution >= 4 is 18.3 Å². The van der Waals surface area contributed by atoms with E-state index in [-0.39, 0.29) is 30.8 Å². The Morgan fingerprint density at radius 1 is 1.30 bits per heavy atom. The standard InChI is InChI=1S/C14H22N2O3.ClH/c1-10(8-15-2)14(18)16-9-13(17)11-4-6-12(19-3)7-5-11;/h4-7,10,13,15,17H,8-9H2,1-3H3,(H,16,18);1H. The number of ether oxygens (including phenoxy) is 1. The molecule has 0 heterocycles. The van der Waals surface area contributed by atoms with Gasteiger partial charge < -0.3 is 20.5 Å². The van der Waals surface area contributed by atoms with Crippen LogP contribution in [0.25, 0.3) is 0 Å². The van der Waals surface area contributed by atoms with Crippen LogP contribution in [0.15, 0.2) is 24.3 Å². The largest absolute Gasteiger partial charge is 0.497 e. The van der Waals surface area contributed by atoms with Gasteiger partial charge in [-0.1, -0.05) is 19.1 Å². The molecule has 5 nitrogen and oxygen atoms in total. The van der Waals surface area contributed by atoms with Crippen molar-refractivity contribution in [2.45, 2.75) is 13.0 Å². The summed E-state index contributed by atoms with van der Waals surface area (Å²) in [6.45, 7) is 2.66. The summed E-state index contributed by atoms with van der Waals surface area (Å²) in [5.41, 5.74) is 0.752. The molecule has 1 aromatic carbocycles. The van der Waals surface area contributed by atoms with Crippen molar-refractivity contribution in [2.75, 3.05) is 27.2 Å². The molecule has 2 atom stereocenters. The van der Waals surface area contributed by atoms with E-state index in [4.69, 9.17) is 4.74 Å². The van der Waals surface area contributed by atoms with Crippen molar-refractivity contribution in [3.05, 3.63) is 29.8 Å². The lowest BCUT2D eigenvalue weighted by Gasteiger charge is -2.15. The third kappa shape index (κ3) is 5.77. The summed E-state index contributed by atoms with van der Waals surface area (Å²) >= 11 is 0. The molecule has 0 aliphatic rings.